The summed E-state index contributed by atoms with van der Waals surface area (Å²) in [5.41, 5.74) is 0. The van der Waals surface area contributed by atoms with Gasteiger partial charge in [0.2, 0.25) is 0 Å². The number of unbranched alkanes of at least 4 members (excludes halogenated alkanes) is 1. The molecular weight excluding hydrogens is 328 g/mol. The molecule has 0 atom stereocenters. The summed E-state index contributed by atoms with van der Waals surface area (Å²) in [6.45, 7) is 2.99. The molecule has 0 aromatic carbocycles. The van der Waals surface area contributed by atoms with E-state index in [1.807, 2.05) is 0 Å². The Morgan fingerprint density at radius 2 is 2.25 bits per heavy atom. The Labute approximate surface area is 73.8 Å². The topological polar surface area (TPSA) is 33.4 Å². The van der Waals surface area contributed by atoms with E-state index in [1.54, 1.807) is 0 Å². The number of rotatable bonds is 4. The van der Waals surface area contributed by atoms with Crippen molar-refractivity contribution < 1.29 is 35.9 Å². The number of hydrogen-bond acceptors (Lipinski definition) is 0. The molecule has 1 amide bonds. The maximum absolute atomic E-state index is 8.06. The smallest absolute Gasteiger partial charge is 0.313 e. The molecule has 0 bridgehead atoms. The molecule has 0 spiro atoms. The van der Waals surface area contributed by atoms with E-state index in [2.05, 4.69) is 12.2 Å². The largest absolute Gasteiger partial charge is 0.377 e. The van der Waals surface area contributed by atoms with Crippen molar-refractivity contribution in [3.63, 3.8) is 0 Å². The third kappa shape index (κ3) is 9.73. The Morgan fingerprint density at radius 3 is 2.62 bits per heavy atom. The van der Waals surface area contributed by atoms with Gasteiger partial charge in [-0.05, 0) is 6.42 Å². The fraction of sp³-hybridized carbons (Fsp3) is 0.800. The minimum atomic E-state index is 0. The molecule has 0 aliphatic heterocycles. The van der Waals surface area contributed by atoms with Crippen LogP contribution in [0.1, 0.15) is 19.8 Å². The van der Waals surface area contributed by atoms with Gasteiger partial charge >= 0.3 is 6.41 Å². The van der Waals surface area contributed by atoms with E-state index >= 15 is 0 Å². The first-order chi connectivity index (χ1) is 3.41. The summed E-state index contributed by atoms with van der Waals surface area (Å²) < 4.78 is 0. The van der Waals surface area contributed by atoms with Gasteiger partial charge in [0.25, 0.3) is 0 Å². The third-order valence-corrected chi connectivity index (χ3v) is 0.766. The van der Waals surface area contributed by atoms with E-state index in [4.69, 9.17) is 4.79 Å². The van der Waals surface area contributed by atoms with Gasteiger partial charge in [-0.25, -0.2) is 0 Å². The van der Waals surface area contributed by atoms with Crippen molar-refractivity contribution >= 4 is 6.41 Å². The molecule has 2 N–H and O–H groups in total. The number of nitrogens with one attached hydrogen (secondary N) is 1. The van der Waals surface area contributed by atoms with Crippen LogP contribution in [0.5, 0.6) is 0 Å². The molecule has 0 rings (SSSR count). The van der Waals surface area contributed by atoms with Gasteiger partial charge in [-0.3, -0.25) is 4.79 Å². The van der Waals surface area contributed by atoms with Gasteiger partial charge in [-0.2, -0.15) is 0 Å². The molecule has 0 radical (unpaired) electrons. The minimum Gasteiger partial charge on any atom is -0.313 e. The average molecular weight is 340 g/mol. The van der Waals surface area contributed by atoms with Crippen LogP contribution in [-0.4, -0.2) is 17.7 Å². The van der Waals surface area contributed by atoms with Crippen LogP contribution in [0.4, 0.5) is 0 Å². The van der Waals surface area contributed by atoms with Crippen molar-refractivity contribution in [2.75, 3.05) is 6.54 Å². The zero-order valence-electron chi connectivity index (χ0n) is 5.15. The summed E-state index contributed by atoms with van der Waals surface area (Å²) >= 11 is 0. The van der Waals surface area contributed by atoms with Crippen molar-refractivity contribution in [1.29, 1.82) is 0 Å². The molecule has 0 aromatic rings. The van der Waals surface area contributed by atoms with Gasteiger partial charge in [0.15, 0.2) is 0 Å². The SMILES string of the molecule is CCCCNC=[OH+].[U]. The van der Waals surface area contributed by atoms with Gasteiger partial charge in [-0.15, -0.1) is 0 Å². The second kappa shape index (κ2) is 10.5. The summed E-state index contributed by atoms with van der Waals surface area (Å²) in [5, 5.41) is 2.68. The molecule has 0 fully saturated rings. The molecule has 0 saturated heterocycles. The van der Waals surface area contributed by atoms with Crippen molar-refractivity contribution in [1.82, 2.24) is 5.32 Å². The first kappa shape index (κ1) is 11.3. The number of carbonyl (C=O) groups excluding carboxylic acids is 1. The molecule has 0 aromatic heterocycles. The quantitative estimate of drug-likeness (QED) is 0.440. The van der Waals surface area contributed by atoms with Crippen LogP contribution in [0.2, 0.25) is 0 Å². The maximum atomic E-state index is 8.06. The van der Waals surface area contributed by atoms with Gasteiger partial charge in [0.1, 0.15) is 0 Å². The van der Waals surface area contributed by atoms with E-state index < -0.39 is 0 Å². The molecular formula is C5H12NOU+. The molecule has 0 saturated carbocycles. The molecule has 0 unspecified atom stereocenters. The predicted molar refractivity (Wildman–Crippen MR) is 30.9 cm³/mol. The van der Waals surface area contributed by atoms with Gasteiger partial charge in [0, 0.05) is 37.7 Å². The monoisotopic (exact) mass is 340 g/mol. The van der Waals surface area contributed by atoms with Crippen LogP contribution in [0, 0.1) is 31.1 Å². The summed E-state index contributed by atoms with van der Waals surface area (Å²) in [6, 6.07) is 0. The van der Waals surface area contributed by atoms with Gasteiger partial charge in [-0.1, -0.05) is 13.3 Å². The number of amides is 1. The average Bonchev–Trinajstić information content (AvgIpc) is 1.69. The van der Waals surface area contributed by atoms with E-state index in [1.165, 1.54) is 6.42 Å². The standard InChI is InChI=1S/C5H11NO.U/c1-2-3-4-6-5-7;/h5H,2-4H2,1H3,(H,6,7);/p+1. The number of hydrogen-bond donors (Lipinski definition) is 1. The van der Waals surface area contributed by atoms with Crippen molar-refractivity contribution in [3.05, 3.63) is 0 Å². The molecule has 46 valence electrons. The maximum Gasteiger partial charge on any atom is 0.377 e. The van der Waals surface area contributed by atoms with Crippen LogP contribution in [0.15, 0.2) is 0 Å². The zero-order valence-corrected chi connectivity index (χ0v) is 9.31. The normalized spacial score (nSPS) is 7.12. The van der Waals surface area contributed by atoms with E-state index in [9.17, 15) is 0 Å². The minimum absolute atomic E-state index is 0. The molecule has 8 heavy (non-hydrogen) atoms. The van der Waals surface area contributed by atoms with Crippen molar-refractivity contribution in [2.45, 2.75) is 19.8 Å². The van der Waals surface area contributed by atoms with Crippen LogP contribution >= 0.6 is 0 Å². The Morgan fingerprint density at radius 1 is 1.62 bits per heavy atom. The van der Waals surface area contributed by atoms with E-state index in [-0.39, 0.29) is 31.1 Å². The molecule has 0 heterocycles. The summed E-state index contributed by atoms with van der Waals surface area (Å²) in [4.78, 5) is 8.06. The Hall–Kier alpha value is 0.522. The van der Waals surface area contributed by atoms with E-state index in [0.29, 0.717) is 0 Å². The van der Waals surface area contributed by atoms with Crippen LogP contribution in [0.25, 0.3) is 0 Å². The van der Waals surface area contributed by atoms with Crippen LogP contribution in [-0.2, 0) is 0 Å². The molecule has 0 aliphatic carbocycles. The Bertz CT molecular complexity index is 49.7. The third-order valence-electron chi connectivity index (χ3n) is 0.766. The second-order valence-electron chi connectivity index (χ2n) is 1.44. The first-order valence-electron chi connectivity index (χ1n) is 2.61. The fourth-order valence-electron chi connectivity index (χ4n) is 0.343. The zero-order chi connectivity index (χ0) is 5.54. The molecule has 3 heteroatoms. The van der Waals surface area contributed by atoms with Crippen molar-refractivity contribution in [2.24, 2.45) is 0 Å². The van der Waals surface area contributed by atoms with Crippen LogP contribution in [0.3, 0.4) is 0 Å². The Kier molecular flexibility index (Phi) is 14.9. The summed E-state index contributed by atoms with van der Waals surface area (Å²) in [5.74, 6) is 0. The summed E-state index contributed by atoms with van der Waals surface area (Å²) in [6.07, 6.45) is 3.27. The Balaban J connectivity index is 0. The molecule has 2 nitrogen and oxygen atoms in total. The van der Waals surface area contributed by atoms with Gasteiger partial charge in [0.05, 0.1) is 0 Å². The fourth-order valence-corrected chi connectivity index (χ4v) is 0.343. The second-order valence-corrected chi connectivity index (χ2v) is 1.44. The van der Waals surface area contributed by atoms with Crippen LogP contribution < -0.4 is 5.32 Å². The van der Waals surface area contributed by atoms with Gasteiger partial charge < -0.3 is 5.32 Å². The van der Waals surface area contributed by atoms with Crippen molar-refractivity contribution in [3.8, 4) is 0 Å². The first-order valence-corrected chi connectivity index (χ1v) is 2.61. The predicted octanol–water partition coefficient (Wildman–Crippen LogP) is 0.508. The summed E-state index contributed by atoms with van der Waals surface area (Å²) in [7, 11) is 0. The molecule has 0 aliphatic rings. The van der Waals surface area contributed by atoms with E-state index in [0.717, 1.165) is 19.4 Å².